The van der Waals surface area contributed by atoms with Crippen molar-refractivity contribution in [3.63, 3.8) is 0 Å². The lowest BCUT2D eigenvalue weighted by molar-refractivity contribution is 0.411. The van der Waals surface area contributed by atoms with Crippen molar-refractivity contribution in [2.24, 2.45) is 10.7 Å². The zero-order valence-corrected chi connectivity index (χ0v) is 13.5. The minimum Gasteiger partial charge on any atom is -0.508 e. The molecule has 19 heavy (non-hydrogen) atoms. The fourth-order valence-corrected chi connectivity index (χ4v) is 1.28. The van der Waals surface area contributed by atoms with E-state index in [2.05, 4.69) is 16.9 Å². The molecule has 0 radical (unpaired) electrons. The Morgan fingerprint density at radius 3 is 2.79 bits per heavy atom. The van der Waals surface area contributed by atoms with Crippen LogP contribution in [0, 0.1) is 0 Å². The maximum absolute atomic E-state index is 9.66. The molecule has 0 spiro atoms. The number of nitrogens with two attached hydrogens (primary N) is 1. The molecule has 0 aromatic heterocycles. The number of methoxy groups -OCH3 is 1. The number of benzene rings is 1. The Morgan fingerprint density at radius 1 is 1.53 bits per heavy atom. The summed E-state index contributed by atoms with van der Waals surface area (Å²) in [5.74, 6) is 1.17. The van der Waals surface area contributed by atoms with Crippen LogP contribution in [0.5, 0.6) is 11.5 Å². The smallest absolute Gasteiger partial charge is 0.189 e. The SMILES string of the molecule is C=C(C)CNC(N)=NCc1cc(OC)ccc1O.I. The highest BCUT2D eigenvalue weighted by atomic mass is 127. The van der Waals surface area contributed by atoms with Gasteiger partial charge in [-0.3, -0.25) is 0 Å². The normalized spacial score (nSPS) is 10.5. The van der Waals surface area contributed by atoms with E-state index in [9.17, 15) is 5.11 Å². The maximum atomic E-state index is 9.66. The van der Waals surface area contributed by atoms with E-state index >= 15 is 0 Å². The van der Waals surface area contributed by atoms with Crippen molar-refractivity contribution >= 4 is 29.9 Å². The maximum Gasteiger partial charge on any atom is 0.189 e. The van der Waals surface area contributed by atoms with Crippen molar-refractivity contribution < 1.29 is 9.84 Å². The monoisotopic (exact) mass is 377 g/mol. The van der Waals surface area contributed by atoms with Gasteiger partial charge in [0.1, 0.15) is 11.5 Å². The first-order chi connectivity index (χ1) is 8.52. The van der Waals surface area contributed by atoms with E-state index in [0.29, 0.717) is 23.8 Å². The minimum absolute atomic E-state index is 0. The Labute approximate surface area is 130 Å². The van der Waals surface area contributed by atoms with Gasteiger partial charge >= 0.3 is 0 Å². The Kier molecular flexibility index (Phi) is 7.97. The van der Waals surface area contributed by atoms with Gasteiger partial charge in [-0.2, -0.15) is 0 Å². The Bertz CT molecular complexity index is 461. The zero-order valence-electron chi connectivity index (χ0n) is 11.1. The van der Waals surface area contributed by atoms with Crippen LogP contribution in [-0.4, -0.2) is 24.7 Å². The molecule has 4 N–H and O–H groups in total. The van der Waals surface area contributed by atoms with Crippen molar-refractivity contribution in [3.8, 4) is 11.5 Å². The van der Waals surface area contributed by atoms with Crippen LogP contribution in [0.1, 0.15) is 12.5 Å². The predicted octanol–water partition coefficient (Wildman–Crippen LogP) is 2.00. The van der Waals surface area contributed by atoms with Crippen molar-refractivity contribution in [1.29, 1.82) is 0 Å². The molecule has 0 aliphatic heterocycles. The third-order valence-corrected chi connectivity index (χ3v) is 2.28. The van der Waals surface area contributed by atoms with Crippen LogP contribution in [0.3, 0.4) is 0 Å². The molecule has 0 bridgehead atoms. The van der Waals surface area contributed by atoms with Gasteiger partial charge in [0.15, 0.2) is 5.96 Å². The lowest BCUT2D eigenvalue weighted by Crippen LogP contribution is -2.32. The highest BCUT2D eigenvalue weighted by molar-refractivity contribution is 14.0. The first-order valence-electron chi connectivity index (χ1n) is 5.57. The number of hydrogen-bond acceptors (Lipinski definition) is 3. The number of phenolic OH excluding ortho intramolecular Hbond substituents is 1. The molecule has 1 rings (SSSR count). The summed E-state index contributed by atoms with van der Waals surface area (Å²) < 4.78 is 5.08. The van der Waals surface area contributed by atoms with Crippen LogP contribution in [0.25, 0.3) is 0 Å². The van der Waals surface area contributed by atoms with Crippen molar-refractivity contribution in [3.05, 3.63) is 35.9 Å². The van der Waals surface area contributed by atoms with E-state index < -0.39 is 0 Å². The standard InChI is InChI=1S/C13H19N3O2.HI/c1-9(2)7-15-13(14)16-8-10-6-11(18-3)4-5-12(10)17;/h4-6,17H,1,7-8H2,2-3H3,(H3,14,15,16);1H. The minimum atomic E-state index is 0. The van der Waals surface area contributed by atoms with Crippen LogP contribution < -0.4 is 15.8 Å². The molecule has 6 heteroatoms. The molecule has 5 nitrogen and oxygen atoms in total. The second kappa shape index (κ2) is 8.63. The van der Waals surface area contributed by atoms with E-state index in [1.165, 1.54) is 0 Å². The topological polar surface area (TPSA) is 79.9 Å². The Balaban J connectivity index is 0.00000324. The molecule has 0 saturated heterocycles. The lowest BCUT2D eigenvalue weighted by Gasteiger charge is -2.07. The third kappa shape index (κ3) is 6.32. The second-order valence-electron chi connectivity index (χ2n) is 4.01. The molecule has 0 heterocycles. The Morgan fingerprint density at radius 2 is 2.21 bits per heavy atom. The summed E-state index contributed by atoms with van der Waals surface area (Å²) in [6.45, 7) is 6.52. The number of ether oxygens (including phenoxy) is 1. The fraction of sp³-hybridized carbons (Fsp3) is 0.308. The number of guanidine groups is 1. The van der Waals surface area contributed by atoms with E-state index in [0.717, 1.165) is 5.57 Å². The van der Waals surface area contributed by atoms with Gasteiger partial charge < -0.3 is 20.9 Å². The number of nitrogens with zero attached hydrogens (tertiary/aromatic N) is 1. The number of aliphatic imine (C=N–C) groups is 1. The van der Waals surface area contributed by atoms with Crippen molar-refractivity contribution in [2.45, 2.75) is 13.5 Å². The summed E-state index contributed by atoms with van der Waals surface area (Å²) in [4.78, 5) is 4.13. The first kappa shape index (κ1) is 17.6. The van der Waals surface area contributed by atoms with Crippen LogP contribution >= 0.6 is 24.0 Å². The van der Waals surface area contributed by atoms with Crippen molar-refractivity contribution in [2.75, 3.05) is 13.7 Å². The largest absolute Gasteiger partial charge is 0.508 e. The number of halogens is 1. The van der Waals surface area contributed by atoms with Gasteiger partial charge in [0, 0.05) is 12.1 Å². The molecule has 0 unspecified atom stereocenters. The zero-order chi connectivity index (χ0) is 13.5. The number of rotatable bonds is 5. The van der Waals surface area contributed by atoms with E-state index in [1.54, 1.807) is 25.3 Å². The van der Waals surface area contributed by atoms with Crippen molar-refractivity contribution in [1.82, 2.24) is 5.32 Å². The molecule has 0 fully saturated rings. The number of hydrogen-bond donors (Lipinski definition) is 3. The molecule has 0 amide bonds. The molecule has 0 atom stereocenters. The highest BCUT2D eigenvalue weighted by Crippen LogP contribution is 2.23. The number of aromatic hydroxyl groups is 1. The van der Waals surface area contributed by atoms with Gasteiger partial charge in [-0.15, -0.1) is 24.0 Å². The van der Waals surface area contributed by atoms with Gasteiger partial charge in [-0.25, -0.2) is 4.99 Å². The van der Waals surface area contributed by atoms with E-state index in [-0.39, 0.29) is 36.3 Å². The van der Waals surface area contributed by atoms with Gasteiger partial charge in [0.05, 0.1) is 13.7 Å². The average molecular weight is 377 g/mol. The van der Waals surface area contributed by atoms with Crippen LogP contribution in [-0.2, 0) is 6.54 Å². The second-order valence-corrected chi connectivity index (χ2v) is 4.01. The molecule has 0 saturated carbocycles. The highest BCUT2D eigenvalue weighted by Gasteiger charge is 2.02. The lowest BCUT2D eigenvalue weighted by atomic mass is 10.2. The number of phenols is 1. The summed E-state index contributed by atoms with van der Waals surface area (Å²) in [7, 11) is 1.57. The third-order valence-electron chi connectivity index (χ3n) is 2.28. The fourth-order valence-electron chi connectivity index (χ4n) is 1.28. The van der Waals surface area contributed by atoms with Crippen LogP contribution in [0.2, 0.25) is 0 Å². The quantitative estimate of drug-likeness (QED) is 0.317. The summed E-state index contributed by atoms with van der Waals surface area (Å²) in [6.07, 6.45) is 0. The number of nitrogens with one attached hydrogen (secondary N) is 1. The molecule has 0 aliphatic rings. The van der Waals surface area contributed by atoms with Crippen LogP contribution in [0.15, 0.2) is 35.3 Å². The van der Waals surface area contributed by atoms with Gasteiger partial charge in [-0.1, -0.05) is 12.2 Å². The average Bonchev–Trinajstić information content (AvgIpc) is 2.35. The molecular formula is C13H20IN3O2. The molecule has 0 aliphatic carbocycles. The Hall–Kier alpha value is -1.44. The van der Waals surface area contributed by atoms with Gasteiger partial charge in [0.2, 0.25) is 0 Å². The summed E-state index contributed by atoms with van der Waals surface area (Å²) >= 11 is 0. The van der Waals surface area contributed by atoms with E-state index in [1.807, 2.05) is 6.92 Å². The van der Waals surface area contributed by atoms with Crippen LogP contribution in [0.4, 0.5) is 0 Å². The summed E-state index contributed by atoms with van der Waals surface area (Å²) in [5.41, 5.74) is 7.31. The predicted molar refractivity (Wildman–Crippen MR) is 88.2 cm³/mol. The first-order valence-corrected chi connectivity index (χ1v) is 5.57. The van der Waals surface area contributed by atoms with Gasteiger partial charge in [-0.05, 0) is 25.1 Å². The molecule has 1 aromatic rings. The summed E-state index contributed by atoms with van der Waals surface area (Å²) in [5, 5.41) is 12.6. The van der Waals surface area contributed by atoms with Gasteiger partial charge in [0.25, 0.3) is 0 Å². The molecule has 1 aromatic carbocycles. The summed E-state index contributed by atoms with van der Waals surface area (Å²) in [6, 6.07) is 4.98. The molecular weight excluding hydrogens is 357 g/mol. The molecule has 106 valence electrons. The van der Waals surface area contributed by atoms with E-state index in [4.69, 9.17) is 10.5 Å².